The summed E-state index contributed by atoms with van der Waals surface area (Å²) < 4.78 is 18.9. The monoisotopic (exact) mass is 757 g/mol. The van der Waals surface area contributed by atoms with E-state index in [2.05, 4.69) is 69.3 Å². The number of hydrogen-bond acceptors (Lipinski definition) is 5. The summed E-state index contributed by atoms with van der Waals surface area (Å²) in [6.07, 6.45) is 6.24. The van der Waals surface area contributed by atoms with Crippen molar-refractivity contribution >= 4 is 33.4 Å². The van der Waals surface area contributed by atoms with Gasteiger partial charge < -0.3 is 24.2 Å². The van der Waals surface area contributed by atoms with Crippen LogP contribution in [0.4, 0.5) is 4.39 Å². The Morgan fingerprint density at radius 2 is 1.38 bits per heavy atom. The van der Waals surface area contributed by atoms with Crippen molar-refractivity contribution in [1.29, 1.82) is 0 Å². The molecule has 0 saturated heterocycles. The molecule has 7 heterocycles. The highest BCUT2D eigenvalue weighted by Crippen LogP contribution is 2.49. The number of fused-ring (bicyclic) bond motifs is 6. The molecule has 4 aliphatic rings. The smallest absolute Gasteiger partial charge is 0.123 e. The molecule has 7 nitrogen and oxygen atoms in total. The van der Waals surface area contributed by atoms with Crippen molar-refractivity contribution in [1.82, 2.24) is 23.9 Å². The summed E-state index contributed by atoms with van der Waals surface area (Å²) in [5, 5.41) is 28.1. The molecule has 284 valence electrons. The lowest BCUT2D eigenvalue weighted by molar-refractivity contribution is 0.0115. The zero-order valence-corrected chi connectivity index (χ0v) is 32.5. The van der Waals surface area contributed by atoms with E-state index in [9.17, 15) is 14.6 Å². The number of pyridine rings is 1. The van der Waals surface area contributed by atoms with Gasteiger partial charge in [0, 0.05) is 89.0 Å². The number of nitrogens with zero attached hydrogens (tertiary/aromatic N) is 5. The van der Waals surface area contributed by atoms with Crippen LogP contribution < -0.4 is 0 Å². The van der Waals surface area contributed by atoms with E-state index in [0.717, 1.165) is 67.9 Å². The van der Waals surface area contributed by atoms with E-state index in [0.29, 0.717) is 43.8 Å². The van der Waals surface area contributed by atoms with E-state index in [1.807, 2.05) is 18.3 Å². The van der Waals surface area contributed by atoms with Crippen LogP contribution in [0.1, 0.15) is 95.3 Å². The molecule has 3 aromatic carbocycles. The molecule has 0 bridgehead atoms. The number of aryl methyl sites for hydroxylation is 3. The lowest BCUT2D eigenvalue weighted by atomic mass is 9.80. The minimum absolute atomic E-state index is 0.107. The molecular weight excluding hydrogens is 709 g/mol. The summed E-state index contributed by atoms with van der Waals surface area (Å²) in [5.41, 5.74) is 9.76. The van der Waals surface area contributed by atoms with Crippen LogP contribution in [0.25, 0.3) is 21.8 Å². The largest absolute Gasteiger partial charge is 0.385 e. The van der Waals surface area contributed by atoms with Crippen molar-refractivity contribution in [3.05, 3.63) is 135 Å². The van der Waals surface area contributed by atoms with Gasteiger partial charge in [-0.1, -0.05) is 35.4 Å². The Balaban J connectivity index is 0.961. The SMILES string of the molecule is Cc1ccc2c(c1)c1c3n2CCC(O)(c2ccnc(CN4CCC5CC(O)(c6ccc(F)cc6)CCn6c5c(c5cc(Cl)ccc56)C4)c2)CC3CCN(C)C1. The number of hydrogen-bond donors (Lipinski definition) is 2. The lowest BCUT2D eigenvalue weighted by Gasteiger charge is -2.31. The molecule has 4 atom stereocenters. The highest BCUT2D eigenvalue weighted by Gasteiger charge is 2.42. The average molecular weight is 758 g/mol. The number of halogens is 2. The molecule has 4 unspecified atom stereocenters. The predicted molar refractivity (Wildman–Crippen MR) is 216 cm³/mol. The summed E-state index contributed by atoms with van der Waals surface area (Å²) >= 11 is 6.63. The first-order valence-electron chi connectivity index (χ1n) is 20.0. The van der Waals surface area contributed by atoms with Crippen molar-refractivity contribution in [2.75, 3.05) is 20.1 Å². The van der Waals surface area contributed by atoms with Crippen LogP contribution >= 0.6 is 11.6 Å². The number of aliphatic hydroxyl groups is 2. The average Bonchev–Trinajstić information content (AvgIpc) is 3.30. The van der Waals surface area contributed by atoms with Gasteiger partial charge in [0.2, 0.25) is 0 Å². The van der Waals surface area contributed by atoms with Gasteiger partial charge in [-0.15, -0.1) is 0 Å². The van der Waals surface area contributed by atoms with Crippen molar-refractivity contribution in [3.63, 3.8) is 0 Å². The van der Waals surface area contributed by atoms with E-state index in [1.54, 1.807) is 12.1 Å². The molecule has 0 spiro atoms. The molecule has 4 aliphatic heterocycles. The maximum atomic E-state index is 13.9. The molecule has 0 radical (unpaired) electrons. The molecule has 0 aliphatic carbocycles. The van der Waals surface area contributed by atoms with Gasteiger partial charge in [0.1, 0.15) is 5.82 Å². The fourth-order valence-corrected chi connectivity index (χ4v) is 11.0. The first-order valence-corrected chi connectivity index (χ1v) is 20.4. The number of benzene rings is 3. The Bertz CT molecular complexity index is 2460. The highest BCUT2D eigenvalue weighted by molar-refractivity contribution is 6.31. The second-order valence-corrected chi connectivity index (χ2v) is 17.6. The third-order valence-electron chi connectivity index (χ3n) is 13.6. The lowest BCUT2D eigenvalue weighted by Crippen LogP contribution is -2.29. The fraction of sp³-hybridized carbons (Fsp3) is 0.413. The van der Waals surface area contributed by atoms with Crippen molar-refractivity contribution < 1.29 is 14.6 Å². The Morgan fingerprint density at radius 3 is 2.11 bits per heavy atom. The maximum absolute atomic E-state index is 13.9. The molecule has 2 N–H and O–H groups in total. The third-order valence-corrected chi connectivity index (χ3v) is 13.8. The normalized spacial score (nSPS) is 25.9. The molecule has 9 heteroatoms. The van der Waals surface area contributed by atoms with E-state index in [1.165, 1.54) is 56.5 Å². The predicted octanol–water partition coefficient (Wildman–Crippen LogP) is 8.86. The van der Waals surface area contributed by atoms with Gasteiger partial charge in [0.15, 0.2) is 0 Å². The first kappa shape index (κ1) is 35.4. The molecule has 3 aromatic heterocycles. The van der Waals surface area contributed by atoms with Gasteiger partial charge in [-0.3, -0.25) is 9.88 Å². The van der Waals surface area contributed by atoms with Gasteiger partial charge in [-0.2, -0.15) is 0 Å². The van der Waals surface area contributed by atoms with E-state index < -0.39 is 11.2 Å². The van der Waals surface area contributed by atoms with Crippen LogP contribution in [0, 0.1) is 12.7 Å². The van der Waals surface area contributed by atoms with Crippen LogP contribution in [0.3, 0.4) is 0 Å². The van der Waals surface area contributed by atoms with Gasteiger partial charge in [0.25, 0.3) is 0 Å². The molecule has 6 aromatic rings. The molecule has 10 rings (SSSR count). The summed E-state index contributed by atoms with van der Waals surface area (Å²) in [7, 11) is 2.22. The summed E-state index contributed by atoms with van der Waals surface area (Å²) in [5.74, 6) is 0.0707. The second-order valence-electron chi connectivity index (χ2n) is 17.1. The Morgan fingerprint density at radius 1 is 0.745 bits per heavy atom. The molecule has 0 amide bonds. The Hall–Kier alpha value is -4.05. The van der Waals surface area contributed by atoms with E-state index in [-0.39, 0.29) is 17.7 Å². The van der Waals surface area contributed by atoms with Crippen molar-refractivity contribution in [3.8, 4) is 0 Å². The molecule has 55 heavy (non-hydrogen) atoms. The van der Waals surface area contributed by atoms with Crippen LogP contribution in [0.15, 0.2) is 79.0 Å². The minimum Gasteiger partial charge on any atom is -0.385 e. The van der Waals surface area contributed by atoms with Gasteiger partial charge in [-0.25, -0.2) is 4.39 Å². The number of rotatable bonds is 4. The van der Waals surface area contributed by atoms with E-state index >= 15 is 0 Å². The Kier molecular flexibility index (Phi) is 8.54. The zero-order valence-electron chi connectivity index (χ0n) is 31.7. The van der Waals surface area contributed by atoms with Crippen molar-refractivity contribution in [2.45, 2.75) is 101 Å². The summed E-state index contributed by atoms with van der Waals surface area (Å²) in [6.45, 7) is 7.77. The highest BCUT2D eigenvalue weighted by atomic mass is 35.5. The first-order chi connectivity index (χ1) is 26.5. The molecule has 0 saturated carbocycles. The Labute approximate surface area is 327 Å². The topological polar surface area (TPSA) is 69.7 Å². The third kappa shape index (κ3) is 6.03. The van der Waals surface area contributed by atoms with E-state index in [4.69, 9.17) is 16.6 Å². The quantitative estimate of drug-likeness (QED) is 0.188. The van der Waals surface area contributed by atoms with Crippen LogP contribution in [0.5, 0.6) is 0 Å². The molecular formula is C46H49ClFN5O2. The van der Waals surface area contributed by atoms with Crippen LogP contribution in [-0.2, 0) is 43.9 Å². The van der Waals surface area contributed by atoms with Gasteiger partial charge in [-0.05, 0) is 142 Å². The summed E-state index contributed by atoms with van der Waals surface area (Å²) in [4.78, 5) is 9.80. The fourth-order valence-electron chi connectivity index (χ4n) is 10.9. The maximum Gasteiger partial charge on any atom is 0.123 e. The number of aromatic nitrogens is 3. The van der Waals surface area contributed by atoms with Gasteiger partial charge >= 0.3 is 0 Å². The van der Waals surface area contributed by atoms with Crippen LogP contribution in [0.2, 0.25) is 5.02 Å². The molecule has 0 fully saturated rings. The van der Waals surface area contributed by atoms with Crippen molar-refractivity contribution in [2.24, 2.45) is 0 Å². The second kappa shape index (κ2) is 13.3. The summed E-state index contributed by atoms with van der Waals surface area (Å²) in [6, 6.07) is 23.6. The van der Waals surface area contributed by atoms with Gasteiger partial charge in [0.05, 0.1) is 16.9 Å². The zero-order chi connectivity index (χ0) is 37.6. The standard InChI is InChI=1S/C46H49ClFN5O2/c1-29-3-9-41-37(21-29)39-27-50(2)17-12-30-25-46(55,15-20-52(41)43(30)39)33-11-16-49-36(22-33)26-51-18-13-31-24-45(54,32-4-7-35(48)8-5-32)14-19-53-42-10-6-34(47)23-38(42)40(28-51)44(31)53/h3-11,16,21-23,30-31,54-55H,12-15,17-20,24-28H2,1-2H3. The van der Waals surface area contributed by atoms with Crippen LogP contribution in [-0.4, -0.2) is 54.3 Å². The minimum atomic E-state index is -1.06.